The molecular weight excluding hydrogens is 400 g/mol. The molecule has 1 unspecified atom stereocenters. The van der Waals surface area contributed by atoms with Crippen LogP contribution in [0.1, 0.15) is 28.8 Å². The van der Waals surface area contributed by atoms with Gasteiger partial charge < -0.3 is 10.1 Å². The normalized spacial score (nSPS) is 16.8. The average molecular weight is 423 g/mol. The summed E-state index contributed by atoms with van der Waals surface area (Å²) in [6.07, 6.45) is 2.04. The molecule has 2 aromatic rings. The molecule has 1 aliphatic heterocycles. The molecule has 3 rings (SSSR count). The Morgan fingerprint density at radius 3 is 2.57 bits per heavy atom. The van der Waals surface area contributed by atoms with Crippen molar-refractivity contribution in [1.82, 2.24) is 5.32 Å². The van der Waals surface area contributed by atoms with E-state index in [-0.39, 0.29) is 16.9 Å². The van der Waals surface area contributed by atoms with Gasteiger partial charge in [-0.05, 0) is 67.8 Å². The SMILES string of the molecule is Cc1cc(C(=O)NCC2CCCO2)ccc1N(C)S(=O)(=O)c1ccc(Cl)cc1. The topological polar surface area (TPSA) is 75.7 Å². The van der Waals surface area contributed by atoms with Crippen molar-refractivity contribution < 1.29 is 17.9 Å². The summed E-state index contributed by atoms with van der Waals surface area (Å²) in [5.41, 5.74) is 1.67. The number of hydrogen-bond donors (Lipinski definition) is 1. The van der Waals surface area contributed by atoms with Gasteiger partial charge in [0.1, 0.15) is 0 Å². The summed E-state index contributed by atoms with van der Waals surface area (Å²) >= 11 is 5.84. The maximum absolute atomic E-state index is 12.9. The first kappa shape index (κ1) is 20.6. The summed E-state index contributed by atoms with van der Waals surface area (Å²) < 4.78 is 32.4. The quantitative estimate of drug-likeness (QED) is 0.774. The number of hydrogen-bond acceptors (Lipinski definition) is 4. The summed E-state index contributed by atoms with van der Waals surface area (Å²) in [6, 6.07) is 11.0. The number of nitrogens with zero attached hydrogens (tertiary/aromatic N) is 1. The first-order valence-electron chi connectivity index (χ1n) is 9.04. The van der Waals surface area contributed by atoms with Gasteiger partial charge in [0.05, 0.1) is 16.7 Å². The minimum Gasteiger partial charge on any atom is -0.376 e. The number of aryl methyl sites for hydroxylation is 1. The van der Waals surface area contributed by atoms with Crippen molar-refractivity contribution in [3.63, 3.8) is 0 Å². The van der Waals surface area contributed by atoms with E-state index in [0.29, 0.717) is 28.4 Å². The molecule has 6 nitrogen and oxygen atoms in total. The van der Waals surface area contributed by atoms with Crippen molar-refractivity contribution in [2.75, 3.05) is 24.5 Å². The smallest absolute Gasteiger partial charge is 0.264 e. The van der Waals surface area contributed by atoms with Crippen LogP contribution in [0.15, 0.2) is 47.4 Å². The van der Waals surface area contributed by atoms with Crippen molar-refractivity contribution in [2.45, 2.75) is 30.8 Å². The second-order valence-electron chi connectivity index (χ2n) is 6.77. The van der Waals surface area contributed by atoms with Gasteiger partial charge in [0.2, 0.25) is 0 Å². The number of carbonyl (C=O) groups is 1. The highest BCUT2D eigenvalue weighted by Gasteiger charge is 2.23. The zero-order chi connectivity index (χ0) is 20.3. The number of nitrogens with one attached hydrogen (secondary N) is 1. The first-order valence-corrected chi connectivity index (χ1v) is 10.9. The zero-order valence-corrected chi connectivity index (χ0v) is 17.4. The maximum atomic E-state index is 12.9. The Morgan fingerprint density at radius 2 is 1.96 bits per heavy atom. The predicted octanol–water partition coefficient (Wildman–Crippen LogP) is 3.38. The number of sulfonamides is 1. The molecular formula is C20H23ClN2O4S. The molecule has 0 saturated carbocycles. The fraction of sp³-hybridized carbons (Fsp3) is 0.350. The molecule has 1 amide bonds. The molecule has 8 heteroatoms. The van der Waals surface area contributed by atoms with E-state index in [4.69, 9.17) is 16.3 Å². The molecule has 2 aromatic carbocycles. The Balaban J connectivity index is 1.75. The molecule has 0 aliphatic carbocycles. The first-order chi connectivity index (χ1) is 13.3. The second-order valence-corrected chi connectivity index (χ2v) is 9.18. The van der Waals surface area contributed by atoms with Crippen LogP contribution in [0.3, 0.4) is 0 Å². The Morgan fingerprint density at radius 1 is 1.25 bits per heavy atom. The third kappa shape index (κ3) is 4.48. The minimum absolute atomic E-state index is 0.0694. The molecule has 0 radical (unpaired) electrons. The molecule has 1 N–H and O–H groups in total. The van der Waals surface area contributed by atoms with Crippen LogP contribution < -0.4 is 9.62 Å². The highest BCUT2D eigenvalue weighted by molar-refractivity contribution is 7.92. The number of rotatable bonds is 6. The minimum atomic E-state index is -3.73. The van der Waals surface area contributed by atoms with Gasteiger partial charge in [-0.1, -0.05) is 11.6 Å². The maximum Gasteiger partial charge on any atom is 0.264 e. The summed E-state index contributed by atoms with van der Waals surface area (Å²) in [5.74, 6) is -0.201. The van der Waals surface area contributed by atoms with Gasteiger partial charge in [-0.25, -0.2) is 8.42 Å². The monoisotopic (exact) mass is 422 g/mol. The fourth-order valence-corrected chi connectivity index (χ4v) is 4.54. The molecule has 1 atom stereocenters. The summed E-state index contributed by atoms with van der Waals surface area (Å²) in [5, 5.41) is 3.34. The summed E-state index contributed by atoms with van der Waals surface area (Å²) in [4.78, 5) is 12.5. The molecule has 0 aromatic heterocycles. The van der Waals surface area contributed by atoms with Gasteiger partial charge in [-0.3, -0.25) is 9.10 Å². The summed E-state index contributed by atoms with van der Waals surface area (Å²) in [7, 11) is -2.24. The van der Waals surface area contributed by atoms with Crippen LogP contribution >= 0.6 is 11.6 Å². The zero-order valence-electron chi connectivity index (χ0n) is 15.8. The highest BCUT2D eigenvalue weighted by Crippen LogP contribution is 2.27. The van der Waals surface area contributed by atoms with E-state index < -0.39 is 10.0 Å². The van der Waals surface area contributed by atoms with Crippen molar-refractivity contribution >= 4 is 33.2 Å². The van der Waals surface area contributed by atoms with Crippen LogP contribution in [0.5, 0.6) is 0 Å². The number of ether oxygens (including phenoxy) is 1. The lowest BCUT2D eigenvalue weighted by Gasteiger charge is -2.22. The van der Waals surface area contributed by atoms with Crippen molar-refractivity contribution in [3.05, 3.63) is 58.6 Å². The highest BCUT2D eigenvalue weighted by atomic mass is 35.5. The van der Waals surface area contributed by atoms with Gasteiger partial charge in [0, 0.05) is 30.8 Å². The lowest BCUT2D eigenvalue weighted by Crippen LogP contribution is -2.32. The standard InChI is InChI=1S/C20H23ClN2O4S/c1-14-12-15(20(24)22-13-17-4-3-11-27-17)5-10-19(14)23(2)28(25,26)18-8-6-16(21)7-9-18/h5-10,12,17H,3-4,11,13H2,1-2H3,(H,22,24). The Kier molecular flexibility index (Phi) is 6.27. The van der Waals surface area contributed by atoms with Crippen molar-refractivity contribution in [1.29, 1.82) is 0 Å². The Labute approximate surface area is 170 Å². The number of anilines is 1. The third-order valence-electron chi connectivity index (χ3n) is 4.78. The number of carbonyl (C=O) groups excluding carboxylic acids is 1. The van der Waals surface area contributed by atoms with Gasteiger partial charge in [0.15, 0.2) is 0 Å². The molecule has 28 heavy (non-hydrogen) atoms. The van der Waals surface area contributed by atoms with E-state index in [0.717, 1.165) is 19.4 Å². The molecule has 1 fully saturated rings. The van der Waals surface area contributed by atoms with E-state index in [9.17, 15) is 13.2 Å². The van der Waals surface area contributed by atoms with Crippen molar-refractivity contribution in [3.8, 4) is 0 Å². The van der Waals surface area contributed by atoms with E-state index in [1.165, 1.54) is 35.6 Å². The number of benzene rings is 2. The van der Waals surface area contributed by atoms with Crippen LogP contribution in [0.25, 0.3) is 0 Å². The Bertz CT molecular complexity index is 955. The van der Waals surface area contributed by atoms with Crippen LogP contribution in [0.4, 0.5) is 5.69 Å². The average Bonchev–Trinajstić information content (AvgIpc) is 3.19. The van der Waals surface area contributed by atoms with Gasteiger partial charge in [-0.15, -0.1) is 0 Å². The van der Waals surface area contributed by atoms with Crippen LogP contribution in [0.2, 0.25) is 5.02 Å². The van der Waals surface area contributed by atoms with E-state index in [1.54, 1.807) is 25.1 Å². The third-order valence-corrected chi connectivity index (χ3v) is 6.82. The van der Waals surface area contributed by atoms with E-state index >= 15 is 0 Å². The van der Waals surface area contributed by atoms with E-state index in [1.807, 2.05) is 0 Å². The van der Waals surface area contributed by atoms with Crippen molar-refractivity contribution in [2.24, 2.45) is 0 Å². The predicted molar refractivity (Wildman–Crippen MR) is 110 cm³/mol. The van der Waals surface area contributed by atoms with Crippen LogP contribution in [-0.2, 0) is 14.8 Å². The van der Waals surface area contributed by atoms with E-state index in [2.05, 4.69) is 5.32 Å². The molecule has 1 heterocycles. The molecule has 0 spiro atoms. The molecule has 0 bridgehead atoms. The van der Waals surface area contributed by atoms with Gasteiger partial charge in [-0.2, -0.15) is 0 Å². The largest absolute Gasteiger partial charge is 0.376 e. The number of halogens is 1. The van der Waals surface area contributed by atoms with Crippen LogP contribution in [0, 0.1) is 6.92 Å². The number of amides is 1. The lowest BCUT2D eigenvalue weighted by atomic mass is 10.1. The molecule has 1 aliphatic rings. The Hall–Kier alpha value is -2.09. The van der Waals surface area contributed by atoms with Gasteiger partial charge >= 0.3 is 0 Å². The van der Waals surface area contributed by atoms with Crippen LogP contribution in [-0.4, -0.2) is 40.6 Å². The molecule has 150 valence electrons. The van der Waals surface area contributed by atoms with Gasteiger partial charge in [0.25, 0.3) is 15.9 Å². The summed E-state index contributed by atoms with van der Waals surface area (Å²) in [6.45, 7) is 2.99. The second kappa shape index (κ2) is 8.51. The fourth-order valence-electron chi connectivity index (χ4n) is 3.16. The lowest BCUT2D eigenvalue weighted by molar-refractivity contribution is 0.0857. The molecule has 1 saturated heterocycles.